The van der Waals surface area contributed by atoms with E-state index >= 15 is 0 Å². The molecule has 1 aromatic rings. The molecule has 40 valence electrons. The first-order valence-corrected chi connectivity index (χ1v) is 2.71. The number of aliphatic hydroxyl groups excluding tert-OH is 1. The Bertz CT molecular complexity index is 68.2. The van der Waals surface area contributed by atoms with Gasteiger partial charge < -0.3 is 5.11 Å². The topological polar surface area (TPSA) is 33.1 Å². The van der Waals surface area contributed by atoms with Crippen LogP contribution in [0.25, 0.3) is 0 Å². The van der Waals surface area contributed by atoms with Crippen molar-refractivity contribution in [3.63, 3.8) is 0 Å². The Balaban J connectivity index is 0.000000162. The van der Waals surface area contributed by atoms with E-state index in [0.29, 0.717) is 0 Å². The van der Waals surface area contributed by atoms with Crippen molar-refractivity contribution in [2.24, 2.45) is 0 Å². The second kappa shape index (κ2) is 5.59. The molecule has 0 atom stereocenters. The van der Waals surface area contributed by atoms with E-state index in [4.69, 9.17) is 5.11 Å². The van der Waals surface area contributed by atoms with Gasteiger partial charge >= 0.3 is 0 Å². The van der Waals surface area contributed by atoms with E-state index in [0.717, 1.165) is 7.11 Å². The van der Waals surface area contributed by atoms with Crippen molar-refractivity contribution in [3.8, 4) is 0 Å². The van der Waals surface area contributed by atoms with Crippen LogP contribution in [0.5, 0.6) is 0 Å². The van der Waals surface area contributed by atoms with E-state index in [1.165, 1.54) is 0 Å². The predicted molar refractivity (Wildman–Crippen MR) is 30.3 cm³/mol. The Morgan fingerprint density at radius 3 is 2.43 bits per heavy atom. The molecule has 1 rings (SSSR count). The van der Waals surface area contributed by atoms with Crippen LogP contribution >= 0.6 is 11.3 Å². The van der Waals surface area contributed by atoms with Crippen molar-refractivity contribution in [3.05, 3.63) is 17.1 Å². The number of thiazole rings is 1. The normalized spacial score (nSPS) is 6.57. The molecular formula is C4H7NOS. The van der Waals surface area contributed by atoms with Crippen LogP contribution in [-0.4, -0.2) is 17.2 Å². The third kappa shape index (κ3) is 3.42. The third-order valence-corrected chi connectivity index (χ3v) is 0.869. The zero-order valence-corrected chi connectivity index (χ0v) is 4.85. The highest BCUT2D eigenvalue weighted by molar-refractivity contribution is 7.07. The van der Waals surface area contributed by atoms with E-state index in [2.05, 4.69) is 4.98 Å². The summed E-state index contributed by atoms with van der Waals surface area (Å²) in [5.41, 5.74) is 1.79. The molecule has 0 spiro atoms. The summed E-state index contributed by atoms with van der Waals surface area (Å²) in [4.78, 5) is 3.74. The molecule has 0 aliphatic heterocycles. The fourth-order valence-corrected chi connectivity index (χ4v) is 0.527. The van der Waals surface area contributed by atoms with Crippen LogP contribution in [-0.2, 0) is 0 Å². The molecule has 0 fully saturated rings. The monoisotopic (exact) mass is 117 g/mol. The molecule has 1 N–H and O–H groups in total. The van der Waals surface area contributed by atoms with E-state index in [-0.39, 0.29) is 0 Å². The van der Waals surface area contributed by atoms with Gasteiger partial charge in [0.1, 0.15) is 0 Å². The van der Waals surface area contributed by atoms with Gasteiger partial charge in [-0.2, -0.15) is 0 Å². The Hall–Kier alpha value is -0.410. The van der Waals surface area contributed by atoms with Crippen molar-refractivity contribution in [1.82, 2.24) is 4.98 Å². The highest BCUT2D eigenvalue weighted by atomic mass is 32.1. The maximum atomic E-state index is 7.00. The van der Waals surface area contributed by atoms with E-state index in [9.17, 15) is 0 Å². The van der Waals surface area contributed by atoms with Crippen molar-refractivity contribution < 1.29 is 5.11 Å². The fourth-order valence-electron chi connectivity index (χ4n) is 0.176. The van der Waals surface area contributed by atoms with Crippen molar-refractivity contribution in [2.75, 3.05) is 7.11 Å². The molecule has 1 aromatic heterocycles. The minimum absolute atomic E-state index is 1.00. The Kier molecular flexibility index (Phi) is 5.26. The molecule has 7 heavy (non-hydrogen) atoms. The third-order valence-electron chi connectivity index (χ3n) is 0.347. The van der Waals surface area contributed by atoms with E-state index in [1.807, 2.05) is 5.38 Å². The molecular weight excluding hydrogens is 110 g/mol. The summed E-state index contributed by atoms with van der Waals surface area (Å²) in [6.07, 6.45) is 1.77. The van der Waals surface area contributed by atoms with Gasteiger partial charge in [-0.1, -0.05) is 0 Å². The summed E-state index contributed by atoms with van der Waals surface area (Å²) >= 11 is 1.60. The molecule has 1 heterocycles. The van der Waals surface area contributed by atoms with Crippen molar-refractivity contribution in [2.45, 2.75) is 0 Å². The first-order chi connectivity index (χ1) is 3.50. The van der Waals surface area contributed by atoms with Gasteiger partial charge in [-0.3, -0.25) is 4.98 Å². The van der Waals surface area contributed by atoms with Gasteiger partial charge in [-0.05, 0) is 0 Å². The molecule has 3 heteroatoms. The van der Waals surface area contributed by atoms with Crippen molar-refractivity contribution >= 4 is 11.3 Å². The molecule has 0 saturated heterocycles. The van der Waals surface area contributed by atoms with Gasteiger partial charge in [0, 0.05) is 18.7 Å². The second-order valence-corrected chi connectivity index (χ2v) is 1.43. The second-order valence-electron chi connectivity index (χ2n) is 0.676. The molecule has 0 aliphatic carbocycles. The maximum absolute atomic E-state index is 7.00. The van der Waals surface area contributed by atoms with Gasteiger partial charge in [-0.15, -0.1) is 11.3 Å². The minimum Gasteiger partial charge on any atom is -0.400 e. The number of aliphatic hydroxyl groups is 1. The SMILES string of the molecule is CO.c1cscn1. The lowest BCUT2D eigenvalue weighted by Gasteiger charge is -1.41. The molecule has 0 unspecified atom stereocenters. The van der Waals surface area contributed by atoms with Crippen LogP contribution in [0.15, 0.2) is 17.1 Å². The Morgan fingerprint density at radius 2 is 2.29 bits per heavy atom. The molecule has 0 saturated carbocycles. The molecule has 0 amide bonds. The van der Waals surface area contributed by atoms with Crippen LogP contribution in [0.3, 0.4) is 0 Å². The Labute approximate surface area is 46.5 Å². The number of aromatic nitrogens is 1. The maximum Gasteiger partial charge on any atom is 0.0791 e. The highest BCUT2D eigenvalue weighted by Crippen LogP contribution is 1.85. The average Bonchev–Trinajstić information content (AvgIpc) is 2.23. The lowest BCUT2D eigenvalue weighted by Crippen LogP contribution is -1.38. The van der Waals surface area contributed by atoms with Crippen LogP contribution in [0.1, 0.15) is 0 Å². The molecule has 0 aliphatic rings. The smallest absolute Gasteiger partial charge is 0.0791 e. The number of hydrogen-bond donors (Lipinski definition) is 1. The summed E-state index contributed by atoms with van der Waals surface area (Å²) in [7, 11) is 1.00. The first kappa shape index (κ1) is 6.59. The number of rotatable bonds is 0. The lowest BCUT2D eigenvalue weighted by atomic mass is 11.0. The van der Waals surface area contributed by atoms with Gasteiger partial charge in [0.2, 0.25) is 0 Å². The summed E-state index contributed by atoms with van der Waals surface area (Å²) in [5, 5.41) is 8.93. The lowest BCUT2D eigenvalue weighted by molar-refractivity contribution is 0.399. The van der Waals surface area contributed by atoms with Crippen LogP contribution < -0.4 is 0 Å². The number of hydrogen-bond acceptors (Lipinski definition) is 3. The fraction of sp³-hybridized carbons (Fsp3) is 0.250. The van der Waals surface area contributed by atoms with Crippen LogP contribution in [0.2, 0.25) is 0 Å². The number of nitrogens with zero attached hydrogens (tertiary/aromatic N) is 1. The molecule has 0 bridgehead atoms. The van der Waals surface area contributed by atoms with Crippen molar-refractivity contribution in [1.29, 1.82) is 0 Å². The van der Waals surface area contributed by atoms with Crippen LogP contribution in [0, 0.1) is 0 Å². The summed E-state index contributed by atoms with van der Waals surface area (Å²) in [5.74, 6) is 0. The highest BCUT2D eigenvalue weighted by Gasteiger charge is 1.59. The zero-order chi connectivity index (χ0) is 5.54. The van der Waals surface area contributed by atoms with E-state index in [1.54, 1.807) is 23.0 Å². The first-order valence-electron chi connectivity index (χ1n) is 1.77. The summed E-state index contributed by atoms with van der Waals surface area (Å²) in [6.45, 7) is 0. The standard InChI is InChI=1S/C3H3NS.CH4O/c1-2-5-3-4-1;1-2/h1-3H;2H,1H3. The van der Waals surface area contributed by atoms with Gasteiger partial charge in [-0.25, -0.2) is 0 Å². The van der Waals surface area contributed by atoms with Crippen LogP contribution in [0.4, 0.5) is 0 Å². The molecule has 2 nitrogen and oxygen atoms in total. The van der Waals surface area contributed by atoms with Gasteiger partial charge in [0.05, 0.1) is 5.51 Å². The van der Waals surface area contributed by atoms with Gasteiger partial charge in [0.15, 0.2) is 0 Å². The average molecular weight is 117 g/mol. The minimum atomic E-state index is 1.00. The molecule has 0 aromatic carbocycles. The summed E-state index contributed by atoms with van der Waals surface area (Å²) in [6, 6.07) is 0. The van der Waals surface area contributed by atoms with E-state index < -0.39 is 0 Å². The Morgan fingerprint density at radius 1 is 1.57 bits per heavy atom. The largest absolute Gasteiger partial charge is 0.400 e. The summed E-state index contributed by atoms with van der Waals surface area (Å²) < 4.78 is 0. The quantitative estimate of drug-likeness (QED) is 0.544. The molecule has 0 radical (unpaired) electrons. The zero-order valence-electron chi connectivity index (χ0n) is 4.03. The predicted octanol–water partition coefficient (Wildman–Crippen LogP) is 0.752. The van der Waals surface area contributed by atoms with Gasteiger partial charge in [0.25, 0.3) is 0 Å².